The summed E-state index contributed by atoms with van der Waals surface area (Å²) in [5.74, 6) is 1.25. The predicted octanol–water partition coefficient (Wildman–Crippen LogP) is 5.06. The van der Waals surface area contributed by atoms with Crippen LogP contribution in [0.5, 0.6) is 11.5 Å². The van der Waals surface area contributed by atoms with E-state index in [4.69, 9.17) is 9.47 Å². The van der Waals surface area contributed by atoms with E-state index in [1.54, 1.807) is 63.3 Å². The van der Waals surface area contributed by atoms with Crippen molar-refractivity contribution in [3.8, 4) is 33.8 Å². The average Bonchev–Trinajstić information content (AvgIpc) is 2.84. The van der Waals surface area contributed by atoms with Gasteiger partial charge in [-0.3, -0.25) is 14.8 Å². The van der Waals surface area contributed by atoms with Gasteiger partial charge in [0.1, 0.15) is 11.5 Å². The van der Waals surface area contributed by atoms with Gasteiger partial charge >= 0.3 is 0 Å². The Hall–Kier alpha value is -3.99. The normalized spacial score (nSPS) is 10.5. The highest BCUT2D eigenvalue weighted by atomic mass is 16.5. The zero-order valence-electron chi connectivity index (χ0n) is 16.7. The molecule has 5 heteroatoms. The summed E-state index contributed by atoms with van der Waals surface area (Å²) in [5, 5.41) is 0. The number of hydrogen-bond acceptors (Lipinski definition) is 5. The van der Waals surface area contributed by atoms with Gasteiger partial charge in [0.2, 0.25) is 0 Å². The van der Waals surface area contributed by atoms with Gasteiger partial charge in [0, 0.05) is 47.0 Å². The van der Waals surface area contributed by atoms with Gasteiger partial charge in [-0.1, -0.05) is 12.1 Å². The number of rotatable bonds is 6. The Morgan fingerprint density at radius 1 is 0.700 bits per heavy atom. The molecule has 0 aliphatic rings. The van der Waals surface area contributed by atoms with Crippen LogP contribution in [0.25, 0.3) is 22.3 Å². The average molecular weight is 396 g/mol. The number of ketones is 1. The molecule has 0 saturated heterocycles. The molecule has 30 heavy (non-hydrogen) atoms. The first-order valence-corrected chi connectivity index (χ1v) is 9.43. The molecule has 0 saturated carbocycles. The highest BCUT2D eigenvalue weighted by Gasteiger charge is 2.20. The standard InChI is InChI=1S/C25H20N2O3/c1-29-19-7-9-21(23(13-19)17-5-3-11-26-15-17)25(28)22-10-8-20(30-2)14-24(22)18-6-4-12-27-16-18/h3-16H,1-2H3. The first-order chi connectivity index (χ1) is 14.7. The molecule has 0 N–H and O–H groups in total. The van der Waals surface area contributed by atoms with Crippen LogP contribution in [0.1, 0.15) is 15.9 Å². The Bertz CT molecular complexity index is 1080. The van der Waals surface area contributed by atoms with Crippen molar-refractivity contribution < 1.29 is 14.3 Å². The van der Waals surface area contributed by atoms with Crippen molar-refractivity contribution in [2.45, 2.75) is 0 Å². The van der Waals surface area contributed by atoms with E-state index < -0.39 is 0 Å². The van der Waals surface area contributed by atoms with Crippen LogP contribution < -0.4 is 9.47 Å². The molecular formula is C25H20N2O3. The summed E-state index contributed by atoms with van der Waals surface area (Å²) in [4.78, 5) is 22.1. The van der Waals surface area contributed by atoms with Crippen molar-refractivity contribution in [3.05, 3.63) is 96.6 Å². The fourth-order valence-corrected chi connectivity index (χ4v) is 3.36. The molecule has 0 radical (unpaired) electrons. The maximum absolute atomic E-state index is 13.7. The SMILES string of the molecule is COc1ccc(C(=O)c2ccc(OC)cc2-c2cccnc2)c(-c2cccnc2)c1. The van der Waals surface area contributed by atoms with Crippen LogP contribution in [0.15, 0.2) is 85.5 Å². The first kappa shape index (κ1) is 19.3. The van der Waals surface area contributed by atoms with E-state index in [1.165, 1.54) is 0 Å². The molecule has 0 unspecified atom stereocenters. The van der Waals surface area contributed by atoms with E-state index in [-0.39, 0.29) is 5.78 Å². The van der Waals surface area contributed by atoms with E-state index in [0.717, 1.165) is 22.3 Å². The fourth-order valence-electron chi connectivity index (χ4n) is 3.36. The molecule has 2 aromatic carbocycles. The predicted molar refractivity (Wildman–Crippen MR) is 116 cm³/mol. The monoisotopic (exact) mass is 396 g/mol. The smallest absolute Gasteiger partial charge is 0.194 e. The molecule has 4 aromatic rings. The van der Waals surface area contributed by atoms with E-state index in [2.05, 4.69) is 9.97 Å². The number of pyridine rings is 2. The highest BCUT2D eigenvalue weighted by Crippen LogP contribution is 2.33. The number of nitrogens with zero attached hydrogens (tertiary/aromatic N) is 2. The summed E-state index contributed by atoms with van der Waals surface area (Å²) in [6, 6.07) is 18.4. The van der Waals surface area contributed by atoms with Gasteiger partial charge in [0.15, 0.2) is 5.78 Å². The van der Waals surface area contributed by atoms with Crippen LogP contribution in [0.3, 0.4) is 0 Å². The van der Waals surface area contributed by atoms with Gasteiger partial charge in [-0.15, -0.1) is 0 Å². The molecule has 0 aliphatic heterocycles. The summed E-state index contributed by atoms with van der Waals surface area (Å²) in [5.41, 5.74) is 4.35. The van der Waals surface area contributed by atoms with Gasteiger partial charge in [-0.2, -0.15) is 0 Å². The third-order valence-corrected chi connectivity index (χ3v) is 4.89. The lowest BCUT2D eigenvalue weighted by molar-refractivity contribution is 0.104. The largest absolute Gasteiger partial charge is 0.497 e. The van der Waals surface area contributed by atoms with Crippen molar-refractivity contribution in [1.82, 2.24) is 9.97 Å². The number of methoxy groups -OCH3 is 2. The zero-order valence-corrected chi connectivity index (χ0v) is 16.7. The van der Waals surface area contributed by atoms with Crippen molar-refractivity contribution in [1.29, 1.82) is 0 Å². The summed E-state index contributed by atoms with van der Waals surface area (Å²) in [7, 11) is 3.21. The third kappa shape index (κ3) is 3.78. The molecule has 2 aromatic heterocycles. The molecule has 2 heterocycles. The molecule has 5 nitrogen and oxygen atoms in total. The number of benzene rings is 2. The van der Waals surface area contributed by atoms with Gasteiger partial charge in [-0.05, 0) is 59.7 Å². The summed E-state index contributed by atoms with van der Waals surface area (Å²) in [6.07, 6.45) is 6.88. The van der Waals surface area contributed by atoms with E-state index in [9.17, 15) is 4.79 Å². The van der Waals surface area contributed by atoms with E-state index in [0.29, 0.717) is 22.6 Å². The second kappa shape index (κ2) is 8.57. The Morgan fingerprint density at radius 3 is 1.53 bits per heavy atom. The van der Waals surface area contributed by atoms with Crippen molar-refractivity contribution in [2.24, 2.45) is 0 Å². The Balaban J connectivity index is 1.89. The lowest BCUT2D eigenvalue weighted by Gasteiger charge is -2.14. The van der Waals surface area contributed by atoms with Crippen LogP contribution in [0, 0.1) is 0 Å². The topological polar surface area (TPSA) is 61.3 Å². The molecule has 4 rings (SSSR count). The number of ether oxygens (including phenoxy) is 2. The lowest BCUT2D eigenvalue weighted by atomic mass is 9.90. The molecule has 0 spiro atoms. The van der Waals surface area contributed by atoms with Gasteiger partial charge < -0.3 is 9.47 Å². The molecule has 0 fully saturated rings. The second-order valence-electron chi connectivity index (χ2n) is 6.64. The molecule has 0 atom stereocenters. The van der Waals surface area contributed by atoms with Gasteiger partial charge in [0.25, 0.3) is 0 Å². The zero-order chi connectivity index (χ0) is 20.9. The quantitative estimate of drug-likeness (QED) is 0.426. The maximum Gasteiger partial charge on any atom is 0.194 e. The van der Waals surface area contributed by atoms with Crippen LogP contribution in [-0.2, 0) is 0 Å². The van der Waals surface area contributed by atoms with Crippen LogP contribution in [0.2, 0.25) is 0 Å². The minimum atomic E-state index is -0.0991. The maximum atomic E-state index is 13.7. The Labute approximate surface area is 175 Å². The molecule has 0 aliphatic carbocycles. The first-order valence-electron chi connectivity index (χ1n) is 9.43. The molecule has 0 bridgehead atoms. The van der Waals surface area contributed by atoms with E-state index >= 15 is 0 Å². The van der Waals surface area contributed by atoms with Gasteiger partial charge in [-0.25, -0.2) is 0 Å². The summed E-state index contributed by atoms with van der Waals surface area (Å²) >= 11 is 0. The number of aromatic nitrogens is 2. The van der Waals surface area contributed by atoms with Crippen molar-refractivity contribution in [2.75, 3.05) is 14.2 Å². The summed E-state index contributed by atoms with van der Waals surface area (Å²) in [6.45, 7) is 0. The minimum Gasteiger partial charge on any atom is -0.497 e. The molecule has 0 amide bonds. The van der Waals surface area contributed by atoms with Crippen molar-refractivity contribution in [3.63, 3.8) is 0 Å². The lowest BCUT2D eigenvalue weighted by Crippen LogP contribution is -2.06. The summed E-state index contributed by atoms with van der Waals surface area (Å²) < 4.78 is 10.8. The van der Waals surface area contributed by atoms with Crippen molar-refractivity contribution >= 4 is 5.78 Å². The number of carbonyl (C=O) groups is 1. The Morgan fingerprint density at radius 2 is 1.17 bits per heavy atom. The van der Waals surface area contributed by atoms with Crippen LogP contribution in [-0.4, -0.2) is 30.0 Å². The van der Waals surface area contributed by atoms with Crippen LogP contribution in [0.4, 0.5) is 0 Å². The Kier molecular flexibility index (Phi) is 5.52. The van der Waals surface area contributed by atoms with Crippen LogP contribution >= 0.6 is 0 Å². The second-order valence-corrected chi connectivity index (χ2v) is 6.64. The third-order valence-electron chi connectivity index (χ3n) is 4.89. The van der Waals surface area contributed by atoms with E-state index in [1.807, 2.05) is 36.4 Å². The molecular weight excluding hydrogens is 376 g/mol. The number of hydrogen-bond donors (Lipinski definition) is 0. The fraction of sp³-hybridized carbons (Fsp3) is 0.0800. The highest BCUT2D eigenvalue weighted by molar-refractivity contribution is 6.16. The number of carbonyl (C=O) groups excluding carboxylic acids is 1. The van der Waals surface area contributed by atoms with Gasteiger partial charge in [0.05, 0.1) is 14.2 Å². The minimum absolute atomic E-state index is 0.0991. The molecule has 148 valence electrons.